The maximum absolute atomic E-state index is 13.1. The quantitative estimate of drug-likeness (QED) is 0.371. The van der Waals surface area contributed by atoms with E-state index in [-0.39, 0.29) is 12.5 Å². The van der Waals surface area contributed by atoms with Crippen LogP contribution in [0.25, 0.3) is 22.2 Å². The van der Waals surface area contributed by atoms with Gasteiger partial charge in [-0.15, -0.1) is 5.10 Å². The highest BCUT2D eigenvalue weighted by Gasteiger charge is 2.18. The lowest BCUT2D eigenvalue weighted by molar-refractivity contribution is 0.0824. The summed E-state index contributed by atoms with van der Waals surface area (Å²) in [5.74, 6) is 1.06. The predicted octanol–water partition coefficient (Wildman–Crippen LogP) is 5.13. The Balaban J connectivity index is 1.36. The first-order chi connectivity index (χ1) is 16.7. The lowest BCUT2D eigenvalue weighted by Crippen LogP contribution is -2.22. The number of rotatable bonds is 7. The summed E-state index contributed by atoms with van der Waals surface area (Å²) in [6.07, 6.45) is 3.35. The van der Waals surface area contributed by atoms with Crippen molar-refractivity contribution in [1.29, 1.82) is 0 Å². The molecule has 7 heteroatoms. The number of benzene rings is 3. The second-order valence-corrected chi connectivity index (χ2v) is 7.94. The smallest absolute Gasteiger partial charge is 0.287 e. The second kappa shape index (κ2) is 9.54. The summed E-state index contributed by atoms with van der Waals surface area (Å²) in [5.41, 5.74) is 2.98. The molecule has 0 atom stereocenters. The van der Waals surface area contributed by atoms with Gasteiger partial charge in [-0.3, -0.25) is 9.78 Å². The van der Waals surface area contributed by atoms with Crippen LogP contribution >= 0.6 is 0 Å². The molecule has 5 aromatic rings. The minimum atomic E-state index is -0.331. The second-order valence-electron chi connectivity index (χ2n) is 7.94. The first-order valence-electron chi connectivity index (χ1n) is 11.0. The normalized spacial score (nSPS) is 10.9. The summed E-state index contributed by atoms with van der Waals surface area (Å²) < 4.78 is 7.06. The van der Waals surface area contributed by atoms with Gasteiger partial charge in [-0.1, -0.05) is 60.2 Å². The standard InChI is InChI=1S/C27H23N5O2/c1-19-8-10-20(11-9-19)16-29-27-30-26(23-7-4-14-28-17-23)31-32(27)25(33)18-34-24-13-12-21-5-2-3-6-22(21)15-24/h2-15,17H,16,18H2,1H3,(H,29,30,31). The molecule has 34 heavy (non-hydrogen) atoms. The number of hydrogen-bond acceptors (Lipinski definition) is 6. The van der Waals surface area contributed by atoms with Gasteiger partial charge in [-0.25, -0.2) is 0 Å². The zero-order valence-corrected chi connectivity index (χ0v) is 18.7. The average molecular weight is 450 g/mol. The van der Waals surface area contributed by atoms with E-state index in [0.29, 0.717) is 24.1 Å². The molecule has 5 rings (SSSR count). The number of aromatic nitrogens is 4. The van der Waals surface area contributed by atoms with E-state index in [0.717, 1.165) is 21.9 Å². The van der Waals surface area contributed by atoms with Crippen LogP contribution in [0.3, 0.4) is 0 Å². The van der Waals surface area contributed by atoms with Crippen molar-refractivity contribution >= 4 is 22.6 Å². The number of ether oxygens (including phenoxy) is 1. The van der Waals surface area contributed by atoms with E-state index < -0.39 is 0 Å². The number of hydrogen-bond donors (Lipinski definition) is 1. The highest BCUT2D eigenvalue weighted by Crippen LogP contribution is 2.21. The maximum Gasteiger partial charge on any atom is 0.287 e. The molecule has 0 bridgehead atoms. The van der Waals surface area contributed by atoms with Gasteiger partial charge in [0.2, 0.25) is 5.95 Å². The van der Waals surface area contributed by atoms with Crippen molar-refractivity contribution in [2.45, 2.75) is 13.5 Å². The van der Waals surface area contributed by atoms with Gasteiger partial charge < -0.3 is 10.1 Å². The van der Waals surface area contributed by atoms with E-state index in [1.807, 2.05) is 79.7 Å². The third kappa shape index (κ3) is 4.78. The van der Waals surface area contributed by atoms with Crippen molar-refractivity contribution in [3.63, 3.8) is 0 Å². The van der Waals surface area contributed by atoms with Gasteiger partial charge >= 0.3 is 0 Å². The minimum Gasteiger partial charge on any atom is -0.484 e. The Morgan fingerprint density at radius 3 is 2.59 bits per heavy atom. The van der Waals surface area contributed by atoms with Crippen LogP contribution in [-0.4, -0.2) is 32.3 Å². The van der Waals surface area contributed by atoms with Crippen LogP contribution in [0.4, 0.5) is 5.95 Å². The van der Waals surface area contributed by atoms with Crippen LogP contribution in [0.2, 0.25) is 0 Å². The molecule has 0 amide bonds. The molecule has 0 spiro atoms. The molecule has 2 heterocycles. The minimum absolute atomic E-state index is 0.173. The zero-order valence-electron chi connectivity index (χ0n) is 18.7. The van der Waals surface area contributed by atoms with Crippen LogP contribution in [0.15, 0.2) is 91.3 Å². The third-order valence-corrected chi connectivity index (χ3v) is 5.42. The average Bonchev–Trinajstić information content (AvgIpc) is 3.32. The maximum atomic E-state index is 13.1. The summed E-state index contributed by atoms with van der Waals surface area (Å²) in [6.45, 7) is 2.37. The van der Waals surface area contributed by atoms with E-state index in [1.54, 1.807) is 18.5 Å². The van der Waals surface area contributed by atoms with Gasteiger partial charge in [0.25, 0.3) is 5.91 Å². The lowest BCUT2D eigenvalue weighted by atomic mass is 10.1. The Bertz CT molecular complexity index is 1430. The van der Waals surface area contributed by atoms with Gasteiger partial charge in [0.05, 0.1) is 0 Å². The number of fused-ring (bicyclic) bond motifs is 1. The van der Waals surface area contributed by atoms with Crippen LogP contribution in [0, 0.1) is 6.92 Å². The molecule has 3 aromatic carbocycles. The summed E-state index contributed by atoms with van der Waals surface area (Å²) in [4.78, 5) is 21.8. The van der Waals surface area contributed by atoms with Crippen LogP contribution in [-0.2, 0) is 6.54 Å². The first-order valence-corrected chi connectivity index (χ1v) is 11.0. The fourth-order valence-corrected chi connectivity index (χ4v) is 3.57. The van der Waals surface area contributed by atoms with Crippen molar-refractivity contribution in [1.82, 2.24) is 19.7 Å². The summed E-state index contributed by atoms with van der Waals surface area (Å²) in [7, 11) is 0. The van der Waals surface area contributed by atoms with E-state index >= 15 is 0 Å². The highest BCUT2D eigenvalue weighted by atomic mass is 16.5. The Kier molecular flexibility index (Phi) is 5.99. The molecule has 0 fully saturated rings. The Hall–Kier alpha value is -4.52. The number of pyridine rings is 1. The summed E-state index contributed by atoms with van der Waals surface area (Å²) in [5, 5.41) is 9.84. The van der Waals surface area contributed by atoms with E-state index in [2.05, 4.69) is 20.4 Å². The van der Waals surface area contributed by atoms with Crippen molar-refractivity contribution in [2.75, 3.05) is 11.9 Å². The number of carbonyl (C=O) groups excluding carboxylic acids is 1. The third-order valence-electron chi connectivity index (χ3n) is 5.42. The molecule has 0 saturated heterocycles. The van der Waals surface area contributed by atoms with Crippen molar-refractivity contribution in [2.24, 2.45) is 0 Å². The lowest BCUT2D eigenvalue weighted by Gasteiger charge is -2.09. The topological polar surface area (TPSA) is 81.9 Å². The molecule has 0 aliphatic heterocycles. The molecule has 2 aromatic heterocycles. The van der Waals surface area contributed by atoms with Crippen molar-refractivity contribution in [3.05, 3.63) is 102 Å². The zero-order chi connectivity index (χ0) is 23.3. The monoisotopic (exact) mass is 449 g/mol. The predicted molar refractivity (Wildman–Crippen MR) is 132 cm³/mol. The van der Waals surface area contributed by atoms with Gasteiger partial charge in [-0.2, -0.15) is 9.67 Å². The van der Waals surface area contributed by atoms with Crippen molar-refractivity contribution < 1.29 is 9.53 Å². The Labute approximate surface area is 197 Å². The fraction of sp³-hybridized carbons (Fsp3) is 0.111. The summed E-state index contributed by atoms with van der Waals surface area (Å²) >= 11 is 0. The molecular formula is C27H23N5O2. The van der Waals surface area contributed by atoms with E-state index in [4.69, 9.17) is 4.74 Å². The molecule has 1 N–H and O–H groups in total. The molecule has 7 nitrogen and oxygen atoms in total. The number of aryl methyl sites for hydroxylation is 1. The molecule has 0 aliphatic carbocycles. The number of nitrogens with one attached hydrogen (secondary N) is 1. The molecule has 0 radical (unpaired) electrons. The van der Waals surface area contributed by atoms with Crippen LogP contribution in [0.5, 0.6) is 5.75 Å². The molecule has 0 unspecified atom stereocenters. The van der Waals surface area contributed by atoms with Crippen LogP contribution in [0.1, 0.15) is 15.9 Å². The SMILES string of the molecule is Cc1ccc(CNc2nc(-c3cccnc3)nn2C(=O)COc2ccc3ccccc3c2)cc1. The van der Waals surface area contributed by atoms with Crippen LogP contribution < -0.4 is 10.1 Å². The largest absolute Gasteiger partial charge is 0.484 e. The van der Waals surface area contributed by atoms with Gasteiger partial charge in [0.15, 0.2) is 12.4 Å². The Morgan fingerprint density at radius 2 is 1.79 bits per heavy atom. The van der Waals surface area contributed by atoms with E-state index in [9.17, 15) is 4.79 Å². The van der Waals surface area contributed by atoms with E-state index in [1.165, 1.54) is 10.2 Å². The number of nitrogens with zero attached hydrogens (tertiary/aromatic N) is 4. The Morgan fingerprint density at radius 1 is 0.971 bits per heavy atom. The van der Waals surface area contributed by atoms with Gasteiger partial charge in [-0.05, 0) is 47.5 Å². The molecular weight excluding hydrogens is 426 g/mol. The highest BCUT2D eigenvalue weighted by molar-refractivity contribution is 5.85. The van der Waals surface area contributed by atoms with Crippen molar-refractivity contribution in [3.8, 4) is 17.1 Å². The van der Waals surface area contributed by atoms with Gasteiger partial charge in [0, 0.05) is 24.5 Å². The summed E-state index contributed by atoms with van der Waals surface area (Å²) in [6, 6.07) is 25.6. The molecule has 168 valence electrons. The molecule has 0 saturated carbocycles. The fourth-order valence-electron chi connectivity index (χ4n) is 3.57. The first kappa shape index (κ1) is 21.3. The van der Waals surface area contributed by atoms with Gasteiger partial charge in [0.1, 0.15) is 5.75 Å². The molecule has 0 aliphatic rings. The number of anilines is 1. The number of carbonyl (C=O) groups is 1.